The standard InChI is InChI=1S/C15H20ClNO2/c16-14-8-11(12-5-6-17-9-12)3-4-15(14)19-13-2-1-7-18-10-13/h3-4,8,12-13,17H,1-2,5-7,9-10H2. The second kappa shape index (κ2) is 6.12. The van der Waals surface area contributed by atoms with Crippen LogP contribution in [0, 0.1) is 0 Å². The van der Waals surface area contributed by atoms with Gasteiger partial charge in [0.2, 0.25) is 0 Å². The van der Waals surface area contributed by atoms with E-state index in [4.69, 9.17) is 21.1 Å². The van der Waals surface area contributed by atoms with E-state index in [1.165, 1.54) is 12.0 Å². The molecule has 2 fully saturated rings. The zero-order valence-electron chi connectivity index (χ0n) is 11.0. The SMILES string of the molecule is Clc1cc(C2CCNC2)ccc1OC1CCCOC1. The quantitative estimate of drug-likeness (QED) is 0.924. The number of rotatable bonds is 3. The summed E-state index contributed by atoms with van der Waals surface area (Å²) >= 11 is 6.34. The normalized spacial score (nSPS) is 27.4. The Hall–Kier alpha value is -0.770. The molecule has 4 heteroatoms. The maximum atomic E-state index is 6.34. The molecule has 1 aromatic rings. The Kier molecular flexibility index (Phi) is 4.26. The van der Waals surface area contributed by atoms with Crippen LogP contribution in [0.2, 0.25) is 5.02 Å². The highest BCUT2D eigenvalue weighted by atomic mass is 35.5. The van der Waals surface area contributed by atoms with Gasteiger partial charge in [0.25, 0.3) is 0 Å². The van der Waals surface area contributed by atoms with E-state index in [0.717, 1.165) is 43.3 Å². The summed E-state index contributed by atoms with van der Waals surface area (Å²) in [5.74, 6) is 1.37. The molecule has 2 unspecified atom stereocenters. The number of hydrogen-bond acceptors (Lipinski definition) is 3. The zero-order valence-corrected chi connectivity index (χ0v) is 11.8. The van der Waals surface area contributed by atoms with Crippen molar-refractivity contribution < 1.29 is 9.47 Å². The van der Waals surface area contributed by atoms with E-state index in [-0.39, 0.29) is 6.10 Å². The van der Waals surface area contributed by atoms with Gasteiger partial charge in [0.15, 0.2) is 0 Å². The minimum Gasteiger partial charge on any atom is -0.486 e. The lowest BCUT2D eigenvalue weighted by atomic mass is 9.98. The molecule has 0 bridgehead atoms. The molecule has 0 spiro atoms. The fourth-order valence-corrected chi connectivity index (χ4v) is 3.02. The summed E-state index contributed by atoms with van der Waals surface area (Å²) in [5.41, 5.74) is 1.31. The van der Waals surface area contributed by atoms with Gasteiger partial charge in [0, 0.05) is 13.2 Å². The molecule has 2 heterocycles. The molecule has 104 valence electrons. The lowest BCUT2D eigenvalue weighted by Gasteiger charge is -2.24. The first kappa shape index (κ1) is 13.2. The molecule has 2 saturated heterocycles. The summed E-state index contributed by atoms with van der Waals surface area (Å²) < 4.78 is 11.4. The van der Waals surface area contributed by atoms with Crippen LogP contribution in [-0.4, -0.2) is 32.4 Å². The second-order valence-corrected chi connectivity index (χ2v) is 5.74. The van der Waals surface area contributed by atoms with Gasteiger partial charge in [-0.1, -0.05) is 17.7 Å². The number of nitrogens with one attached hydrogen (secondary N) is 1. The Morgan fingerprint density at radius 3 is 2.95 bits per heavy atom. The van der Waals surface area contributed by atoms with Crippen molar-refractivity contribution in [1.82, 2.24) is 5.32 Å². The van der Waals surface area contributed by atoms with Crippen LogP contribution < -0.4 is 10.1 Å². The smallest absolute Gasteiger partial charge is 0.138 e. The van der Waals surface area contributed by atoms with Crippen LogP contribution in [0.15, 0.2) is 18.2 Å². The summed E-state index contributed by atoms with van der Waals surface area (Å²) in [6, 6.07) is 6.20. The number of benzene rings is 1. The van der Waals surface area contributed by atoms with Crippen LogP contribution in [0.4, 0.5) is 0 Å². The van der Waals surface area contributed by atoms with Crippen molar-refractivity contribution >= 4 is 11.6 Å². The van der Waals surface area contributed by atoms with Crippen LogP contribution in [0.1, 0.15) is 30.7 Å². The molecular weight excluding hydrogens is 262 g/mol. The highest BCUT2D eigenvalue weighted by Crippen LogP contribution is 2.32. The maximum absolute atomic E-state index is 6.34. The summed E-state index contributed by atoms with van der Waals surface area (Å²) in [6.07, 6.45) is 3.44. The van der Waals surface area contributed by atoms with Gasteiger partial charge in [-0.2, -0.15) is 0 Å². The van der Waals surface area contributed by atoms with Crippen molar-refractivity contribution in [2.75, 3.05) is 26.3 Å². The van der Waals surface area contributed by atoms with Crippen LogP contribution in [0.5, 0.6) is 5.75 Å². The highest BCUT2D eigenvalue weighted by Gasteiger charge is 2.20. The topological polar surface area (TPSA) is 30.5 Å². The molecule has 0 saturated carbocycles. The molecule has 2 aliphatic rings. The third-order valence-corrected chi connectivity index (χ3v) is 4.20. The largest absolute Gasteiger partial charge is 0.486 e. The summed E-state index contributed by atoms with van der Waals surface area (Å²) in [6.45, 7) is 3.67. The third-order valence-electron chi connectivity index (χ3n) is 3.90. The molecule has 0 aliphatic carbocycles. The Morgan fingerprint density at radius 1 is 1.32 bits per heavy atom. The van der Waals surface area contributed by atoms with E-state index >= 15 is 0 Å². The first-order valence-corrected chi connectivity index (χ1v) is 7.45. The van der Waals surface area contributed by atoms with Gasteiger partial charge >= 0.3 is 0 Å². The van der Waals surface area contributed by atoms with Gasteiger partial charge in [-0.25, -0.2) is 0 Å². The lowest BCUT2D eigenvalue weighted by Crippen LogP contribution is -2.28. The van der Waals surface area contributed by atoms with Gasteiger partial charge in [-0.15, -0.1) is 0 Å². The molecule has 1 N–H and O–H groups in total. The van der Waals surface area contributed by atoms with E-state index in [1.807, 2.05) is 6.07 Å². The van der Waals surface area contributed by atoms with Crippen LogP contribution in [-0.2, 0) is 4.74 Å². The van der Waals surface area contributed by atoms with Crippen molar-refractivity contribution in [1.29, 1.82) is 0 Å². The maximum Gasteiger partial charge on any atom is 0.138 e. The Labute approximate surface area is 119 Å². The fourth-order valence-electron chi connectivity index (χ4n) is 2.79. The van der Waals surface area contributed by atoms with Gasteiger partial charge in [-0.3, -0.25) is 0 Å². The first-order chi connectivity index (χ1) is 9.33. The summed E-state index contributed by atoms with van der Waals surface area (Å²) in [5, 5.41) is 4.10. The van der Waals surface area contributed by atoms with Crippen molar-refractivity contribution in [2.24, 2.45) is 0 Å². The average molecular weight is 282 g/mol. The molecule has 1 aromatic carbocycles. The molecule has 2 aliphatic heterocycles. The molecule has 0 aromatic heterocycles. The van der Waals surface area contributed by atoms with E-state index in [2.05, 4.69) is 17.4 Å². The molecule has 0 radical (unpaired) electrons. The van der Waals surface area contributed by atoms with E-state index in [1.54, 1.807) is 0 Å². The van der Waals surface area contributed by atoms with Gasteiger partial charge in [0.05, 0.1) is 11.6 Å². The minimum absolute atomic E-state index is 0.144. The van der Waals surface area contributed by atoms with Gasteiger partial charge in [0.1, 0.15) is 11.9 Å². The summed E-state index contributed by atoms with van der Waals surface area (Å²) in [7, 11) is 0. The van der Waals surface area contributed by atoms with Crippen LogP contribution >= 0.6 is 11.6 Å². The lowest BCUT2D eigenvalue weighted by molar-refractivity contribution is 0.00746. The molecule has 19 heavy (non-hydrogen) atoms. The number of ether oxygens (including phenoxy) is 2. The van der Waals surface area contributed by atoms with Crippen molar-refractivity contribution in [3.63, 3.8) is 0 Å². The molecule has 2 atom stereocenters. The van der Waals surface area contributed by atoms with E-state index in [9.17, 15) is 0 Å². The van der Waals surface area contributed by atoms with Crippen LogP contribution in [0.3, 0.4) is 0 Å². The predicted octanol–water partition coefficient (Wildman–Crippen LogP) is 2.97. The molecule has 0 amide bonds. The van der Waals surface area contributed by atoms with Crippen molar-refractivity contribution in [3.05, 3.63) is 28.8 Å². The second-order valence-electron chi connectivity index (χ2n) is 5.34. The Morgan fingerprint density at radius 2 is 2.26 bits per heavy atom. The highest BCUT2D eigenvalue weighted by molar-refractivity contribution is 6.32. The summed E-state index contributed by atoms with van der Waals surface area (Å²) in [4.78, 5) is 0. The first-order valence-electron chi connectivity index (χ1n) is 7.07. The Balaban J connectivity index is 1.68. The van der Waals surface area contributed by atoms with Gasteiger partial charge < -0.3 is 14.8 Å². The molecule has 3 rings (SSSR count). The fraction of sp³-hybridized carbons (Fsp3) is 0.600. The number of hydrogen-bond donors (Lipinski definition) is 1. The number of halogens is 1. The predicted molar refractivity (Wildman–Crippen MR) is 76.1 cm³/mol. The zero-order chi connectivity index (χ0) is 13.1. The molecular formula is C15H20ClNO2. The monoisotopic (exact) mass is 281 g/mol. The van der Waals surface area contributed by atoms with Crippen molar-refractivity contribution in [2.45, 2.75) is 31.3 Å². The Bertz CT molecular complexity index is 426. The van der Waals surface area contributed by atoms with E-state index in [0.29, 0.717) is 12.5 Å². The average Bonchev–Trinajstić information content (AvgIpc) is 2.96. The van der Waals surface area contributed by atoms with Crippen molar-refractivity contribution in [3.8, 4) is 5.75 Å². The van der Waals surface area contributed by atoms with Gasteiger partial charge in [-0.05, 0) is 49.4 Å². The van der Waals surface area contributed by atoms with Crippen LogP contribution in [0.25, 0.3) is 0 Å². The van der Waals surface area contributed by atoms with E-state index < -0.39 is 0 Å². The molecule has 3 nitrogen and oxygen atoms in total. The third kappa shape index (κ3) is 3.22. The minimum atomic E-state index is 0.144.